The van der Waals surface area contributed by atoms with E-state index in [9.17, 15) is 5.11 Å². The quantitative estimate of drug-likeness (QED) is 0.910. The summed E-state index contributed by atoms with van der Waals surface area (Å²) in [5, 5.41) is 10.9. The van der Waals surface area contributed by atoms with Crippen molar-refractivity contribution < 1.29 is 9.84 Å². The van der Waals surface area contributed by atoms with Crippen molar-refractivity contribution in [3.05, 3.63) is 35.9 Å². The van der Waals surface area contributed by atoms with E-state index in [1.165, 1.54) is 37.7 Å². The summed E-state index contributed by atoms with van der Waals surface area (Å²) in [6.07, 6.45) is 6.21. The van der Waals surface area contributed by atoms with E-state index in [2.05, 4.69) is 31.2 Å². The van der Waals surface area contributed by atoms with Gasteiger partial charge in [-0.05, 0) is 24.3 Å². The average Bonchev–Trinajstić information content (AvgIpc) is 3.00. The van der Waals surface area contributed by atoms with Crippen LogP contribution in [0.5, 0.6) is 0 Å². The first-order chi connectivity index (χ1) is 9.68. The zero-order valence-corrected chi connectivity index (χ0v) is 12.6. The van der Waals surface area contributed by atoms with Crippen molar-refractivity contribution in [2.45, 2.75) is 50.5 Å². The van der Waals surface area contributed by atoms with Gasteiger partial charge in [0, 0.05) is 12.5 Å². The Hall–Kier alpha value is -0.860. The van der Waals surface area contributed by atoms with Gasteiger partial charge in [-0.15, -0.1) is 0 Å². The van der Waals surface area contributed by atoms with E-state index in [0.29, 0.717) is 12.5 Å². The first kappa shape index (κ1) is 14.1. The largest absolute Gasteiger partial charge is 0.391 e. The van der Waals surface area contributed by atoms with Gasteiger partial charge in [0.15, 0.2) is 0 Å². The molecule has 2 aliphatic rings. The zero-order valence-electron chi connectivity index (χ0n) is 12.6. The summed E-state index contributed by atoms with van der Waals surface area (Å²) in [5.41, 5.74) is 1.01. The van der Waals surface area contributed by atoms with E-state index in [0.717, 1.165) is 0 Å². The molecule has 1 aromatic carbocycles. The van der Waals surface area contributed by atoms with E-state index in [4.69, 9.17) is 4.74 Å². The van der Waals surface area contributed by atoms with Gasteiger partial charge in [0.1, 0.15) is 0 Å². The minimum Gasteiger partial charge on any atom is -0.391 e. The molecule has 2 aliphatic carbocycles. The molecule has 0 spiro atoms. The fourth-order valence-electron chi connectivity index (χ4n) is 4.73. The van der Waals surface area contributed by atoms with E-state index in [1.807, 2.05) is 6.07 Å². The van der Waals surface area contributed by atoms with E-state index >= 15 is 0 Å². The molecule has 1 aromatic rings. The Balaban J connectivity index is 1.95. The summed E-state index contributed by atoms with van der Waals surface area (Å²) >= 11 is 0. The lowest BCUT2D eigenvalue weighted by Crippen LogP contribution is -2.29. The standard InChI is InChI=1S/C18H26O2/c1-17(14-9-5-3-6-10-14)16(19)18(17,13-20-2)15-11-7-4-8-12-15/h4,7-8,11-12,14,16,19H,3,5-6,9-10,13H2,1-2H3/t16-,17-,18+/m1/s1. The summed E-state index contributed by atoms with van der Waals surface area (Å²) in [6.45, 7) is 2.89. The molecule has 2 nitrogen and oxygen atoms in total. The number of ether oxygens (including phenoxy) is 1. The number of hydrogen-bond acceptors (Lipinski definition) is 2. The van der Waals surface area contributed by atoms with Crippen molar-refractivity contribution in [3.63, 3.8) is 0 Å². The molecule has 3 atom stereocenters. The summed E-state index contributed by atoms with van der Waals surface area (Å²) < 4.78 is 5.52. The SMILES string of the molecule is COC[C@]1(c2ccccc2)[C@H](O)[C@@]1(C)C1CCCCC1. The molecule has 0 radical (unpaired) electrons. The number of benzene rings is 1. The van der Waals surface area contributed by atoms with Crippen molar-refractivity contribution in [2.75, 3.05) is 13.7 Å². The van der Waals surface area contributed by atoms with Crippen molar-refractivity contribution in [1.82, 2.24) is 0 Å². The maximum Gasteiger partial charge on any atom is 0.0731 e. The van der Waals surface area contributed by atoms with Crippen LogP contribution in [-0.4, -0.2) is 24.9 Å². The Morgan fingerprint density at radius 3 is 2.40 bits per heavy atom. The second-order valence-corrected chi connectivity index (χ2v) is 6.79. The van der Waals surface area contributed by atoms with Crippen LogP contribution in [0.2, 0.25) is 0 Å². The average molecular weight is 274 g/mol. The minimum atomic E-state index is -0.277. The zero-order chi connectivity index (χ0) is 14.2. The van der Waals surface area contributed by atoms with Crippen LogP contribution in [0.3, 0.4) is 0 Å². The first-order valence-electron chi connectivity index (χ1n) is 7.90. The molecule has 20 heavy (non-hydrogen) atoms. The predicted molar refractivity (Wildman–Crippen MR) is 80.7 cm³/mol. The third-order valence-electron chi connectivity index (χ3n) is 6.03. The van der Waals surface area contributed by atoms with Gasteiger partial charge in [-0.1, -0.05) is 56.5 Å². The molecule has 0 aliphatic heterocycles. The van der Waals surface area contributed by atoms with E-state index in [-0.39, 0.29) is 16.9 Å². The van der Waals surface area contributed by atoms with Crippen LogP contribution >= 0.6 is 0 Å². The summed E-state index contributed by atoms with van der Waals surface area (Å²) in [5.74, 6) is 0.626. The van der Waals surface area contributed by atoms with Gasteiger partial charge in [0.05, 0.1) is 18.1 Å². The Morgan fingerprint density at radius 1 is 1.15 bits per heavy atom. The molecular weight excluding hydrogens is 248 g/mol. The minimum absolute atomic E-state index is 0.0230. The smallest absolute Gasteiger partial charge is 0.0731 e. The van der Waals surface area contributed by atoms with Gasteiger partial charge in [-0.3, -0.25) is 0 Å². The van der Waals surface area contributed by atoms with Crippen LogP contribution < -0.4 is 0 Å². The molecular formula is C18H26O2. The van der Waals surface area contributed by atoms with Crippen molar-refractivity contribution in [3.8, 4) is 0 Å². The molecule has 3 rings (SSSR count). The van der Waals surface area contributed by atoms with Crippen molar-refractivity contribution in [1.29, 1.82) is 0 Å². The molecule has 0 aromatic heterocycles. The second-order valence-electron chi connectivity index (χ2n) is 6.79. The number of aliphatic hydroxyl groups excluding tert-OH is 1. The molecule has 0 saturated heterocycles. The van der Waals surface area contributed by atoms with Crippen LogP contribution in [0, 0.1) is 11.3 Å². The van der Waals surface area contributed by atoms with Crippen LogP contribution in [0.25, 0.3) is 0 Å². The fourth-order valence-corrected chi connectivity index (χ4v) is 4.73. The van der Waals surface area contributed by atoms with Crippen molar-refractivity contribution in [2.24, 2.45) is 11.3 Å². The van der Waals surface area contributed by atoms with E-state index in [1.54, 1.807) is 7.11 Å². The number of methoxy groups -OCH3 is 1. The van der Waals surface area contributed by atoms with Gasteiger partial charge < -0.3 is 9.84 Å². The fraction of sp³-hybridized carbons (Fsp3) is 0.667. The Labute approximate surface area is 122 Å². The maximum absolute atomic E-state index is 10.9. The third-order valence-corrected chi connectivity index (χ3v) is 6.03. The van der Waals surface area contributed by atoms with Crippen LogP contribution in [0.4, 0.5) is 0 Å². The highest BCUT2D eigenvalue weighted by atomic mass is 16.5. The molecule has 0 amide bonds. The predicted octanol–water partition coefficient (Wildman–Crippen LogP) is 3.53. The summed E-state index contributed by atoms with van der Waals surface area (Å²) in [6, 6.07) is 10.5. The molecule has 0 unspecified atom stereocenters. The highest BCUT2D eigenvalue weighted by Crippen LogP contribution is 2.70. The third kappa shape index (κ3) is 1.78. The summed E-state index contributed by atoms with van der Waals surface area (Å²) in [4.78, 5) is 0. The molecule has 2 saturated carbocycles. The summed E-state index contributed by atoms with van der Waals surface area (Å²) in [7, 11) is 1.75. The Kier molecular flexibility index (Phi) is 3.64. The van der Waals surface area contributed by atoms with Gasteiger partial charge in [-0.25, -0.2) is 0 Å². The Morgan fingerprint density at radius 2 is 1.80 bits per heavy atom. The lowest BCUT2D eigenvalue weighted by atomic mass is 9.73. The lowest BCUT2D eigenvalue weighted by Gasteiger charge is -2.32. The molecule has 1 N–H and O–H groups in total. The van der Waals surface area contributed by atoms with Crippen LogP contribution in [0.15, 0.2) is 30.3 Å². The van der Waals surface area contributed by atoms with Crippen LogP contribution in [-0.2, 0) is 10.2 Å². The second kappa shape index (κ2) is 5.16. The van der Waals surface area contributed by atoms with Gasteiger partial charge in [0.25, 0.3) is 0 Å². The number of rotatable bonds is 4. The van der Waals surface area contributed by atoms with E-state index < -0.39 is 0 Å². The first-order valence-corrected chi connectivity index (χ1v) is 7.90. The van der Waals surface area contributed by atoms with Crippen molar-refractivity contribution >= 4 is 0 Å². The molecule has 0 bridgehead atoms. The highest BCUT2D eigenvalue weighted by molar-refractivity contribution is 5.43. The topological polar surface area (TPSA) is 29.5 Å². The monoisotopic (exact) mass is 274 g/mol. The molecule has 0 heterocycles. The molecule has 110 valence electrons. The Bertz CT molecular complexity index is 452. The highest BCUT2D eigenvalue weighted by Gasteiger charge is 2.76. The van der Waals surface area contributed by atoms with Gasteiger partial charge in [0.2, 0.25) is 0 Å². The van der Waals surface area contributed by atoms with Gasteiger partial charge >= 0.3 is 0 Å². The molecule has 2 fully saturated rings. The lowest BCUT2D eigenvalue weighted by molar-refractivity contribution is 0.128. The number of hydrogen-bond donors (Lipinski definition) is 1. The van der Waals surface area contributed by atoms with Gasteiger partial charge in [-0.2, -0.15) is 0 Å². The maximum atomic E-state index is 10.9. The molecule has 2 heteroatoms. The normalized spacial score (nSPS) is 37.9. The van der Waals surface area contributed by atoms with Crippen LogP contribution in [0.1, 0.15) is 44.6 Å². The number of aliphatic hydroxyl groups is 1.